The van der Waals surface area contributed by atoms with E-state index in [2.05, 4.69) is 5.32 Å². The highest BCUT2D eigenvalue weighted by molar-refractivity contribution is 5.95. The lowest BCUT2D eigenvalue weighted by atomic mass is 10.2. The van der Waals surface area contributed by atoms with Crippen LogP contribution in [0.2, 0.25) is 0 Å². The van der Waals surface area contributed by atoms with Gasteiger partial charge in [-0.15, -0.1) is 0 Å². The second kappa shape index (κ2) is 7.07. The first kappa shape index (κ1) is 16.0. The quantitative estimate of drug-likeness (QED) is 0.490. The van der Waals surface area contributed by atoms with Gasteiger partial charge in [0, 0.05) is 12.1 Å². The van der Waals surface area contributed by atoms with Crippen LogP contribution in [0.25, 0.3) is 0 Å². The molecule has 0 aliphatic heterocycles. The van der Waals surface area contributed by atoms with Crippen LogP contribution in [0.1, 0.15) is 10.6 Å². The molecular weight excluding hydrogens is 308 g/mol. The first-order chi connectivity index (χ1) is 11.0. The summed E-state index contributed by atoms with van der Waals surface area (Å²) < 4.78 is 14.6. The Morgan fingerprint density at radius 1 is 1.35 bits per heavy atom. The topological polar surface area (TPSA) is 121 Å². The van der Waals surface area contributed by atoms with Gasteiger partial charge in [-0.3, -0.25) is 14.9 Å². The lowest BCUT2D eigenvalue weighted by Crippen LogP contribution is -2.21. The molecule has 9 heteroatoms. The predicted molar refractivity (Wildman–Crippen MR) is 77.3 cm³/mol. The summed E-state index contributed by atoms with van der Waals surface area (Å²) >= 11 is 0. The van der Waals surface area contributed by atoms with Crippen molar-refractivity contribution in [2.45, 2.75) is 0 Å². The van der Waals surface area contributed by atoms with E-state index in [0.717, 1.165) is 6.07 Å². The van der Waals surface area contributed by atoms with Crippen LogP contribution >= 0.6 is 0 Å². The molecule has 1 aromatic heterocycles. The zero-order valence-electron chi connectivity index (χ0n) is 12.0. The number of hydrogen-bond acceptors (Lipinski definition) is 7. The number of carbonyl (C=O) groups is 2. The molecule has 120 valence electrons. The van der Waals surface area contributed by atoms with E-state index in [4.69, 9.17) is 13.9 Å². The zero-order valence-corrected chi connectivity index (χ0v) is 12.0. The Morgan fingerprint density at radius 2 is 2.13 bits per heavy atom. The second-order valence-electron chi connectivity index (χ2n) is 4.24. The lowest BCUT2D eigenvalue weighted by molar-refractivity contribution is -0.384. The SMILES string of the molecule is COc1ccc([N+](=O)[O-])cc1NC(=O)COC(=O)c1ccco1. The van der Waals surface area contributed by atoms with Crippen LogP contribution in [0, 0.1) is 10.1 Å². The van der Waals surface area contributed by atoms with Crippen LogP contribution in [-0.4, -0.2) is 30.5 Å². The Balaban J connectivity index is 2.00. The number of carbonyl (C=O) groups excluding carboxylic acids is 2. The number of nitro groups is 1. The summed E-state index contributed by atoms with van der Waals surface area (Å²) in [5.41, 5.74) is -0.116. The van der Waals surface area contributed by atoms with E-state index in [0.29, 0.717) is 0 Å². The molecular formula is C14H12N2O7. The highest BCUT2D eigenvalue weighted by Gasteiger charge is 2.16. The summed E-state index contributed by atoms with van der Waals surface area (Å²) in [6.07, 6.45) is 1.30. The second-order valence-corrected chi connectivity index (χ2v) is 4.24. The van der Waals surface area contributed by atoms with Gasteiger partial charge in [-0.25, -0.2) is 4.79 Å². The molecule has 0 aliphatic carbocycles. The average Bonchev–Trinajstić information content (AvgIpc) is 3.07. The number of esters is 1. The van der Waals surface area contributed by atoms with Crippen molar-refractivity contribution in [1.29, 1.82) is 0 Å². The van der Waals surface area contributed by atoms with Crippen LogP contribution in [0.4, 0.5) is 11.4 Å². The number of furan rings is 1. The molecule has 0 fully saturated rings. The van der Waals surface area contributed by atoms with Crippen LogP contribution in [-0.2, 0) is 9.53 Å². The number of anilines is 1. The highest BCUT2D eigenvalue weighted by Crippen LogP contribution is 2.28. The number of benzene rings is 1. The number of non-ortho nitro benzene ring substituents is 1. The van der Waals surface area contributed by atoms with Crippen LogP contribution in [0.5, 0.6) is 5.75 Å². The van der Waals surface area contributed by atoms with E-state index in [1.807, 2.05) is 0 Å². The minimum Gasteiger partial charge on any atom is -0.495 e. The average molecular weight is 320 g/mol. The molecule has 0 bridgehead atoms. The molecule has 2 rings (SSSR count). The van der Waals surface area contributed by atoms with Crippen molar-refractivity contribution in [2.24, 2.45) is 0 Å². The van der Waals surface area contributed by atoms with Gasteiger partial charge in [-0.1, -0.05) is 0 Å². The maximum Gasteiger partial charge on any atom is 0.374 e. The monoisotopic (exact) mass is 320 g/mol. The summed E-state index contributed by atoms with van der Waals surface area (Å²) in [7, 11) is 1.35. The molecule has 0 radical (unpaired) electrons. The highest BCUT2D eigenvalue weighted by atomic mass is 16.6. The van der Waals surface area contributed by atoms with Gasteiger partial charge in [0.15, 0.2) is 6.61 Å². The van der Waals surface area contributed by atoms with Gasteiger partial charge in [0.05, 0.1) is 24.0 Å². The molecule has 0 spiro atoms. The maximum absolute atomic E-state index is 11.8. The number of nitrogens with zero attached hydrogens (tertiary/aromatic N) is 1. The maximum atomic E-state index is 11.8. The van der Waals surface area contributed by atoms with E-state index in [-0.39, 0.29) is 22.9 Å². The first-order valence-electron chi connectivity index (χ1n) is 6.34. The number of ether oxygens (including phenoxy) is 2. The Bertz CT molecular complexity index is 725. The molecule has 0 saturated heterocycles. The molecule has 1 aromatic carbocycles. The predicted octanol–water partition coefficient (Wildman–Crippen LogP) is 1.99. The molecule has 1 N–H and O–H groups in total. The van der Waals surface area contributed by atoms with E-state index >= 15 is 0 Å². The Labute approximate surface area is 129 Å². The third kappa shape index (κ3) is 4.06. The molecule has 1 amide bonds. The van der Waals surface area contributed by atoms with Gasteiger partial charge in [-0.2, -0.15) is 0 Å². The van der Waals surface area contributed by atoms with Crippen molar-refractivity contribution in [3.8, 4) is 5.75 Å². The summed E-state index contributed by atoms with van der Waals surface area (Å²) in [4.78, 5) is 33.5. The normalized spacial score (nSPS) is 9.96. The van der Waals surface area contributed by atoms with E-state index in [1.54, 1.807) is 0 Å². The van der Waals surface area contributed by atoms with Gasteiger partial charge < -0.3 is 19.2 Å². The third-order valence-electron chi connectivity index (χ3n) is 2.72. The number of methoxy groups -OCH3 is 1. The van der Waals surface area contributed by atoms with Gasteiger partial charge in [0.25, 0.3) is 11.6 Å². The Kier molecular flexibility index (Phi) is 4.92. The van der Waals surface area contributed by atoms with Gasteiger partial charge >= 0.3 is 5.97 Å². The zero-order chi connectivity index (χ0) is 16.8. The molecule has 23 heavy (non-hydrogen) atoms. The van der Waals surface area contributed by atoms with Crippen molar-refractivity contribution in [3.05, 3.63) is 52.5 Å². The summed E-state index contributed by atoms with van der Waals surface area (Å²) in [6, 6.07) is 6.63. The summed E-state index contributed by atoms with van der Waals surface area (Å²) in [5, 5.41) is 13.1. The molecule has 1 heterocycles. The van der Waals surface area contributed by atoms with Crippen LogP contribution in [0.3, 0.4) is 0 Å². The van der Waals surface area contributed by atoms with Gasteiger partial charge in [-0.05, 0) is 18.2 Å². The van der Waals surface area contributed by atoms with Crippen molar-refractivity contribution in [2.75, 3.05) is 19.0 Å². The number of nitro benzene ring substituents is 1. The summed E-state index contributed by atoms with van der Waals surface area (Å²) in [6.45, 7) is -0.578. The first-order valence-corrected chi connectivity index (χ1v) is 6.34. The number of rotatable bonds is 6. The van der Waals surface area contributed by atoms with Gasteiger partial charge in [0.1, 0.15) is 5.75 Å². The lowest BCUT2D eigenvalue weighted by Gasteiger charge is -2.10. The van der Waals surface area contributed by atoms with Crippen molar-refractivity contribution >= 4 is 23.3 Å². The minimum atomic E-state index is -0.795. The molecule has 0 unspecified atom stereocenters. The number of nitrogens with one attached hydrogen (secondary N) is 1. The van der Waals surface area contributed by atoms with E-state index in [1.165, 1.54) is 37.6 Å². The Hall–Kier alpha value is -3.36. The van der Waals surface area contributed by atoms with Crippen LogP contribution < -0.4 is 10.1 Å². The Morgan fingerprint density at radius 3 is 2.74 bits per heavy atom. The molecule has 0 atom stereocenters. The van der Waals surface area contributed by atoms with Crippen molar-refractivity contribution in [1.82, 2.24) is 0 Å². The largest absolute Gasteiger partial charge is 0.495 e. The van der Waals surface area contributed by atoms with Crippen molar-refractivity contribution in [3.63, 3.8) is 0 Å². The number of amides is 1. The molecule has 0 aliphatic rings. The summed E-state index contributed by atoms with van der Waals surface area (Å²) in [5.74, 6) is -1.27. The fourth-order valence-electron chi connectivity index (χ4n) is 1.69. The van der Waals surface area contributed by atoms with E-state index in [9.17, 15) is 19.7 Å². The molecule has 0 saturated carbocycles. The van der Waals surface area contributed by atoms with Crippen LogP contribution in [0.15, 0.2) is 41.0 Å². The molecule has 2 aromatic rings. The molecule has 9 nitrogen and oxygen atoms in total. The minimum absolute atomic E-state index is 0.0364. The standard InChI is InChI=1S/C14H12N2O7/c1-21-11-5-4-9(16(19)20)7-10(11)15-13(17)8-23-14(18)12-3-2-6-22-12/h2-7H,8H2,1H3,(H,15,17). The number of hydrogen-bond donors (Lipinski definition) is 1. The van der Waals surface area contributed by atoms with Crippen molar-refractivity contribution < 1.29 is 28.4 Å². The van der Waals surface area contributed by atoms with E-state index < -0.39 is 23.4 Å². The fourth-order valence-corrected chi connectivity index (χ4v) is 1.69. The fraction of sp³-hybridized carbons (Fsp3) is 0.143. The van der Waals surface area contributed by atoms with Gasteiger partial charge in [0.2, 0.25) is 5.76 Å². The smallest absolute Gasteiger partial charge is 0.374 e. The third-order valence-corrected chi connectivity index (χ3v) is 2.72.